The van der Waals surface area contributed by atoms with Gasteiger partial charge in [0.1, 0.15) is 0 Å². The topological polar surface area (TPSA) is 51.2 Å². The molecule has 0 fully saturated rings. The second-order valence-electron chi connectivity index (χ2n) is 5.98. The number of esters is 1. The smallest absolute Gasteiger partial charge is 0.338 e. The van der Waals surface area contributed by atoms with Gasteiger partial charge in [-0.05, 0) is 57.2 Å². The Bertz CT molecular complexity index is 870. The van der Waals surface area contributed by atoms with Crippen molar-refractivity contribution in [2.24, 2.45) is 0 Å². The Hall–Kier alpha value is -2.88. The van der Waals surface area contributed by atoms with Gasteiger partial charge >= 0.3 is 5.97 Å². The summed E-state index contributed by atoms with van der Waals surface area (Å²) in [7, 11) is 0. The molecule has 1 N–H and O–H groups in total. The van der Waals surface area contributed by atoms with Crippen LogP contribution in [0.5, 0.6) is 0 Å². The van der Waals surface area contributed by atoms with Gasteiger partial charge in [-0.25, -0.2) is 4.79 Å². The Labute approximate surface area is 141 Å². The number of fused-ring (bicyclic) bond motifs is 1. The van der Waals surface area contributed by atoms with Crippen molar-refractivity contribution in [2.75, 3.05) is 5.32 Å². The molecule has 4 heteroatoms. The van der Waals surface area contributed by atoms with Crippen LogP contribution in [0, 0.1) is 6.92 Å². The number of pyridine rings is 1. The van der Waals surface area contributed by atoms with Crippen LogP contribution in [0.3, 0.4) is 0 Å². The van der Waals surface area contributed by atoms with E-state index < -0.39 is 0 Å². The number of para-hydroxylation sites is 1. The molecule has 1 heterocycles. The van der Waals surface area contributed by atoms with E-state index in [1.165, 1.54) is 0 Å². The van der Waals surface area contributed by atoms with Gasteiger partial charge in [-0.2, -0.15) is 0 Å². The van der Waals surface area contributed by atoms with E-state index in [0.717, 1.165) is 28.0 Å². The van der Waals surface area contributed by atoms with Gasteiger partial charge in [-0.3, -0.25) is 4.98 Å². The normalized spacial score (nSPS) is 10.8. The molecule has 0 atom stereocenters. The zero-order chi connectivity index (χ0) is 17.1. The average molecular weight is 320 g/mol. The number of nitrogens with one attached hydrogen (secondary N) is 1. The average Bonchev–Trinajstić information content (AvgIpc) is 2.54. The number of benzene rings is 2. The van der Waals surface area contributed by atoms with Crippen LogP contribution in [-0.2, 0) is 4.74 Å². The number of anilines is 2. The Kier molecular flexibility index (Phi) is 4.47. The number of carbonyl (C=O) groups is 1. The number of aryl methyl sites for hydroxylation is 1. The van der Waals surface area contributed by atoms with E-state index in [0.29, 0.717) is 5.56 Å². The summed E-state index contributed by atoms with van der Waals surface area (Å²) in [5.41, 5.74) is 4.36. The lowest BCUT2D eigenvalue weighted by molar-refractivity contribution is 0.0378. The highest BCUT2D eigenvalue weighted by Crippen LogP contribution is 2.26. The van der Waals surface area contributed by atoms with Crippen LogP contribution in [0.2, 0.25) is 0 Å². The second kappa shape index (κ2) is 6.71. The maximum atomic E-state index is 11.9. The molecule has 0 saturated carbocycles. The van der Waals surface area contributed by atoms with Gasteiger partial charge in [0.25, 0.3) is 0 Å². The van der Waals surface area contributed by atoms with Crippen molar-refractivity contribution < 1.29 is 9.53 Å². The Morgan fingerprint density at radius 1 is 1.08 bits per heavy atom. The minimum atomic E-state index is -0.304. The summed E-state index contributed by atoms with van der Waals surface area (Å²) in [4.78, 5) is 16.4. The van der Waals surface area contributed by atoms with Crippen molar-refractivity contribution >= 4 is 28.2 Å². The van der Waals surface area contributed by atoms with E-state index >= 15 is 0 Å². The van der Waals surface area contributed by atoms with Crippen molar-refractivity contribution in [2.45, 2.75) is 26.9 Å². The van der Waals surface area contributed by atoms with Crippen LogP contribution in [0.4, 0.5) is 11.4 Å². The minimum absolute atomic E-state index is 0.124. The molecular weight excluding hydrogens is 300 g/mol. The van der Waals surface area contributed by atoms with Crippen LogP contribution in [-0.4, -0.2) is 17.1 Å². The first kappa shape index (κ1) is 16.0. The molecule has 0 spiro atoms. The lowest BCUT2D eigenvalue weighted by Crippen LogP contribution is -2.11. The summed E-state index contributed by atoms with van der Waals surface area (Å²) in [6.45, 7) is 5.65. The van der Waals surface area contributed by atoms with Gasteiger partial charge in [0.15, 0.2) is 0 Å². The fraction of sp³-hybridized carbons (Fsp3) is 0.200. The number of ether oxygens (including phenoxy) is 1. The Morgan fingerprint density at radius 3 is 2.50 bits per heavy atom. The molecule has 0 amide bonds. The monoisotopic (exact) mass is 320 g/mol. The fourth-order valence-electron chi connectivity index (χ4n) is 2.54. The number of aromatic nitrogens is 1. The van der Waals surface area contributed by atoms with Crippen LogP contribution >= 0.6 is 0 Å². The summed E-state index contributed by atoms with van der Waals surface area (Å²) in [6, 6.07) is 17.3. The molecule has 0 radical (unpaired) electrons. The quantitative estimate of drug-likeness (QED) is 0.698. The molecule has 3 aromatic rings. The number of rotatable bonds is 4. The lowest BCUT2D eigenvalue weighted by atomic mass is 10.1. The molecule has 0 saturated heterocycles. The second-order valence-corrected chi connectivity index (χ2v) is 5.98. The van der Waals surface area contributed by atoms with E-state index in [4.69, 9.17) is 4.74 Å². The predicted molar refractivity (Wildman–Crippen MR) is 96.8 cm³/mol. The molecule has 0 aliphatic rings. The highest BCUT2D eigenvalue weighted by atomic mass is 16.5. The van der Waals surface area contributed by atoms with Gasteiger partial charge in [-0.1, -0.05) is 18.2 Å². The zero-order valence-corrected chi connectivity index (χ0v) is 14.0. The van der Waals surface area contributed by atoms with Crippen molar-refractivity contribution in [3.63, 3.8) is 0 Å². The van der Waals surface area contributed by atoms with Gasteiger partial charge in [0.05, 0.1) is 17.2 Å². The maximum absolute atomic E-state index is 11.9. The summed E-state index contributed by atoms with van der Waals surface area (Å²) in [5.74, 6) is -0.304. The highest BCUT2D eigenvalue weighted by molar-refractivity contribution is 5.94. The molecule has 4 nitrogen and oxygen atoms in total. The standard InChI is InChI=1S/C20H20N2O2/c1-13(2)24-20(23)15-8-10-16(11-9-15)22-19-12-14(3)21-18-7-5-4-6-17(18)19/h4-13H,1-3H3,(H,21,22). The molecule has 0 unspecified atom stereocenters. The summed E-state index contributed by atoms with van der Waals surface area (Å²) in [5, 5.41) is 4.46. The molecule has 3 rings (SSSR count). The number of hydrogen-bond donors (Lipinski definition) is 1. The third-order valence-corrected chi connectivity index (χ3v) is 3.59. The van der Waals surface area contributed by atoms with E-state index in [9.17, 15) is 4.79 Å². The Balaban J connectivity index is 1.86. The number of nitrogens with zero attached hydrogens (tertiary/aromatic N) is 1. The van der Waals surface area contributed by atoms with E-state index in [1.54, 1.807) is 12.1 Å². The van der Waals surface area contributed by atoms with Crippen LogP contribution in [0.25, 0.3) is 10.9 Å². The molecule has 0 bridgehead atoms. The molecule has 122 valence electrons. The summed E-state index contributed by atoms with van der Waals surface area (Å²) in [6.07, 6.45) is -0.124. The molecule has 0 aliphatic heterocycles. The molecule has 1 aromatic heterocycles. The maximum Gasteiger partial charge on any atom is 0.338 e. The summed E-state index contributed by atoms with van der Waals surface area (Å²) < 4.78 is 5.20. The fourth-order valence-corrected chi connectivity index (χ4v) is 2.54. The number of carbonyl (C=O) groups excluding carboxylic acids is 1. The lowest BCUT2D eigenvalue weighted by Gasteiger charge is -2.12. The van der Waals surface area contributed by atoms with Gasteiger partial charge in [-0.15, -0.1) is 0 Å². The van der Waals surface area contributed by atoms with E-state index in [1.807, 2.05) is 63.2 Å². The van der Waals surface area contributed by atoms with Crippen LogP contribution in [0.1, 0.15) is 29.9 Å². The molecule has 24 heavy (non-hydrogen) atoms. The summed E-state index contributed by atoms with van der Waals surface area (Å²) >= 11 is 0. The van der Waals surface area contributed by atoms with E-state index in [-0.39, 0.29) is 12.1 Å². The largest absolute Gasteiger partial charge is 0.459 e. The van der Waals surface area contributed by atoms with Crippen LogP contribution < -0.4 is 5.32 Å². The van der Waals surface area contributed by atoms with Gasteiger partial charge in [0, 0.05) is 22.5 Å². The Morgan fingerprint density at radius 2 is 1.79 bits per heavy atom. The first-order valence-electron chi connectivity index (χ1n) is 7.97. The van der Waals surface area contributed by atoms with Crippen LogP contribution in [0.15, 0.2) is 54.6 Å². The predicted octanol–water partition coefficient (Wildman–Crippen LogP) is 4.85. The molecular formula is C20H20N2O2. The van der Waals surface area contributed by atoms with E-state index in [2.05, 4.69) is 10.3 Å². The van der Waals surface area contributed by atoms with Gasteiger partial charge < -0.3 is 10.1 Å². The third-order valence-electron chi connectivity index (χ3n) is 3.59. The van der Waals surface area contributed by atoms with Crippen molar-refractivity contribution in [1.82, 2.24) is 4.98 Å². The third kappa shape index (κ3) is 3.54. The van der Waals surface area contributed by atoms with Crippen molar-refractivity contribution in [3.8, 4) is 0 Å². The molecule has 0 aliphatic carbocycles. The van der Waals surface area contributed by atoms with Crippen molar-refractivity contribution in [1.29, 1.82) is 0 Å². The molecule has 2 aromatic carbocycles. The zero-order valence-electron chi connectivity index (χ0n) is 14.0. The van der Waals surface area contributed by atoms with Crippen molar-refractivity contribution in [3.05, 3.63) is 65.9 Å². The highest BCUT2D eigenvalue weighted by Gasteiger charge is 2.09. The first-order valence-corrected chi connectivity index (χ1v) is 7.97. The minimum Gasteiger partial charge on any atom is -0.459 e. The first-order chi connectivity index (χ1) is 11.5. The number of hydrogen-bond acceptors (Lipinski definition) is 4. The SMILES string of the molecule is Cc1cc(Nc2ccc(C(=O)OC(C)C)cc2)c2ccccc2n1. The van der Waals surface area contributed by atoms with Gasteiger partial charge in [0.2, 0.25) is 0 Å².